The van der Waals surface area contributed by atoms with Crippen LogP contribution in [0.3, 0.4) is 0 Å². The summed E-state index contributed by atoms with van der Waals surface area (Å²) in [4.78, 5) is 6.99. The van der Waals surface area contributed by atoms with Gasteiger partial charge >= 0.3 is 0 Å². The number of anilines is 3. The summed E-state index contributed by atoms with van der Waals surface area (Å²) in [6.07, 6.45) is 0. The zero-order valence-corrected chi connectivity index (χ0v) is 17.4. The van der Waals surface area contributed by atoms with Crippen LogP contribution in [0, 0.1) is 6.92 Å². The fourth-order valence-corrected chi connectivity index (χ4v) is 6.06. The number of hydrogen-bond acceptors (Lipinski definition) is 6. The summed E-state index contributed by atoms with van der Waals surface area (Å²) in [6.45, 7) is 2.08. The molecule has 1 atom stereocenters. The molecule has 0 saturated carbocycles. The Morgan fingerprint density at radius 2 is 1.45 bits per heavy atom. The Morgan fingerprint density at radius 3 is 2.17 bits per heavy atom. The van der Waals surface area contributed by atoms with E-state index in [2.05, 4.69) is 58.9 Å². The molecule has 0 aliphatic carbocycles. The third-order valence-electron chi connectivity index (χ3n) is 4.43. The highest BCUT2D eigenvalue weighted by Gasteiger charge is 2.33. The Kier molecular flexibility index (Phi) is 4.83. The van der Waals surface area contributed by atoms with Gasteiger partial charge in [-0.05, 0) is 43.3 Å². The van der Waals surface area contributed by atoms with Gasteiger partial charge < -0.3 is 10.6 Å². The number of hydrogen-bond donors (Lipinski definition) is 2. The minimum absolute atomic E-state index is 0.392. The number of para-hydroxylation sites is 2. The highest BCUT2D eigenvalue weighted by atomic mass is 33.1. The summed E-state index contributed by atoms with van der Waals surface area (Å²) in [7, 11) is 1.26. The SMILES string of the molecule is Cc1ccc(NC2=NC3=S(N=C(Nc4ccccc4)N3c3ccccc3)S2)cc1. The number of amidine groups is 1. The van der Waals surface area contributed by atoms with Crippen molar-refractivity contribution in [3.8, 4) is 0 Å². The second-order valence-corrected chi connectivity index (χ2v) is 9.65. The van der Waals surface area contributed by atoms with E-state index >= 15 is 0 Å². The summed E-state index contributed by atoms with van der Waals surface area (Å²) in [5.74, 6) is 0.798. The molecule has 0 amide bonds. The van der Waals surface area contributed by atoms with Crippen LogP contribution in [0.15, 0.2) is 94.3 Å². The van der Waals surface area contributed by atoms with E-state index in [0.29, 0.717) is 0 Å². The van der Waals surface area contributed by atoms with E-state index in [1.807, 2.05) is 48.5 Å². The smallest absolute Gasteiger partial charge is 0.221 e. The predicted molar refractivity (Wildman–Crippen MR) is 129 cm³/mol. The summed E-state index contributed by atoms with van der Waals surface area (Å²) >= 11 is 0. The van der Waals surface area contributed by atoms with Crippen molar-refractivity contribution >= 4 is 53.8 Å². The summed E-state index contributed by atoms with van der Waals surface area (Å²) in [5.41, 5.74) is 4.32. The van der Waals surface area contributed by atoms with E-state index in [0.717, 1.165) is 33.3 Å². The Morgan fingerprint density at radius 1 is 0.793 bits per heavy atom. The molecule has 2 heterocycles. The largest absolute Gasteiger partial charge is 0.334 e. The Labute approximate surface area is 176 Å². The normalized spacial score (nSPS) is 17.6. The zero-order chi connectivity index (χ0) is 19.6. The summed E-state index contributed by atoms with van der Waals surface area (Å²) < 4.78 is 4.94. The molecule has 1 unspecified atom stereocenters. The van der Waals surface area contributed by atoms with Gasteiger partial charge in [0.25, 0.3) is 0 Å². The molecule has 0 spiro atoms. The fourth-order valence-electron chi connectivity index (χ4n) is 3.00. The lowest BCUT2D eigenvalue weighted by molar-refractivity contribution is 1.39. The highest BCUT2D eigenvalue weighted by molar-refractivity contribution is 8.89. The maximum atomic E-state index is 4.94. The van der Waals surface area contributed by atoms with E-state index in [1.54, 1.807) is 10.8 Å². The number of rotatable bonds is 3. The molecular formula is C22H19N5S2. The van der Waals surface area contributed by atoms with Crippen molar-refractivity contribution in [2.45, 2.75) is 6.92 Å². The van der Waals surface area contributed by atoms with Crippen molar-refractivity contribution in [1.82, 2.24) is 0 Å². The summed E-state index contributed by atoms with van der Waals surface area (Å²) in [5, 5.41) is 8.67. The molecule has 3 aromatic carbocycles. The molecule has 2 N–H and O–H groups in total. The molecule has 29 heavy (non-hydrogen) atoms. The maximum absolute atomic E-state index is 4.94. The number of nitrogens with one attached hydrogen (secondary N) is 2. The second-order valence-electron chi connectivity index (χ2n) is 6.60. The number of nitrogens with zero attached hydrogens (tertiary/aromatic N) is 3. The lowest BCUT2D eigenvalue weighted by Gasteiger charge is -2.21. The zero-order valence-electron chi connectivity index (χ0n) is 15.7. The first-order valence-corrected chi connectivity index (χ1v) is 11.8. The van der Waals surface area contributed by atoms with Crippen LogP contribution in [-0.2, 0) is 0 Å². The van der Waals surface area contributed by atoms with Crippen LogP contribution in [0.4, 0.5) is 17.1 Å². The molecule has 2 aliphatic rings. The highest BCUT2D eigenvalue weighted by Crippen LogP contribution is 2.46. The van der Waals surface area contributed by atoms with E-state index < -0.39 is 9.70 Å². The molecule has 2 aliphatic heterocycles. The first kappa shape index (κ1) is 18.0. The lowest BCUT2D eigenvalue weighted by Crippen LogP contribution is -2.37. The van der Waals surface area contributed by atoms with Gasteiger partial charge in [0.15, 0.2) is 10.3 Å². The van der Waals surface area contributed by atoms with Crippen molar-refractivity contribution in [3.05, 3.63) is 90.5 Å². The number of aryl methyl sites for hydroxylation is 1. The minimum Gasteiger partial charge on any atom is -0.334 e. The number of guanidine groups is 1. The van der Waals surface area contributed by atoms with Crippen LogP contribution < -0.4 is 15.5 Å². The third-order valence-corrected chi connectivity index (χ3v) is 7.48. The average molecular weight is 418 g/mol. The van der Waals surface area contributed by atoms with Crippen LogP contribution in [0.1, 0.15) is 5.56 Å². The van der Waals surface area contributed by atoms with Crippen molar-refractivity contribution in [2.24, 2.45) is 9.39 Å². The molecule has 5 nitrogen and oxygen atoms in total. The van der Waals surface area contributed by atoms with E-state index in [4.69, 9.17) is 9.39 Å². The first-order valence-electron chi connectivity index (χ1n) is 9.24. The van der Waals surface area contributed by atoms with Gasteiger partial charge in [0, 0.05) is 31.9 Å². The van der Waals surface area contributed by atoms with E-state index in [1.165, 1.54) is 5.56 Å². The quantitative estimate of drug-likeness (QED) is 0.425. The minimum atomic E-state index is -0.392. The molecule has 5 rings (SSSR count). The monoisotopic (exact) mass is 417 g/mol. The van der Waals surface area contributed by atoms with E-state index in [9.17, 15) is 0 Å². The van der Waals surface area contributed by atoms with Gasteiger partial charge in [0.05, 0.1) is 5.69 Å². The van der Waals surface area contributed by atoms with Gasteiger partial charge in [0.1, 0.15) is 0 Å². The Balaban J connectivity index is 1.43. The standard InChI is InChI=1S/C22H19N5S2/c1-16-12-14-18(15-13-16)24-21-25-22-27(19-10-6-3-7-11-19)20(26-29(22)28-21)23-17-8-4-2-5-9-17/h2-15H,1H3,(H,23,26)(H,24,25). The number of aliphatic imine (C=N–C) groups is 1. The van der Waals surface area contributed by atoms with Crippen LogP contribution in [0.25, 0.3) is 0 Å². The van der Waals surface area contributed by atoms with Crippen molar-refractivity contribution in [1.29, 1.82) is 0 Å². The van der Waals surface area contributed by atoms with Crippen LogP contribution in [0.5, 0.6) is 0 Å². The summed E-state index contributed by atoms with van der Waals surface area (Å²) in [6, 6.07) is 28.7. The van der Waals surface area contributed by atoms with Crippen molar-refractivity contribution in [2.75, 3.05) is 15.5 Å². The van der Waals surface area contributed by atoms with Gasteiger partial charge in [0.2, 0.25) is 5.96 Å². The predicted octanol–water partition coefficient (Wildman–Crippen LogP) is 5.68. The van der Waals surface area contributed by atoms with Gasteiger partial charge in [-0.3, -0.25) is 4.90 Å². The third kappa shape index (κ3) is 3.79. The number of benzene rings is 3. The van der Waals surface area contributed by atoms with Crippen molar-refractivity contribution in [3.63, 3.8) is 0 Å². The average Bonchev–Trinajstić information content (AvgIpc) is 3.27. The fraction of sp³-hybridized carbons (Fsp3) is 0.0455. The Hall–Kier alpha value is -3.03. The van der Waals surface area contributed by atoms with Gasteiger partial charge in [-0.15, -0.1) is 0 Å². The van der Waals surface area contributed by atoms with Crippen LogP contribution >= 0.6 is 20.5 Å². The molecule has 0 aromatic heterocycles. The second kappa shape index (κ2) is 7.77. The van der Waals surface area contributed by atoms with Gasteiger partial charge in [-0.1, -0.05) is 54.1 Å². The molecule has 7 heteroatoms. The van der Waals surface area contributed by atoms with Gasteiger partial charge in [-0.25, -0.2) is 0 Å². The van der Waals surface area contributed by atoms with Gasteiger partial charge in [-0.2, -0.15) is 9.39 Å². The van der Waals surface area contributed by atoms with Crippen molar-refractivity contribution < 1.29 is 0 Å². The molecule has 0 bridgehead atoms. The molecule has 0 saturated heterocycles. The topological polar surface area (TPSA) is 52.0 Å². The van der Waals surface area contributed by atoms with Crippen LogP contribution in [-0.4, -0.2) is 16.2 Å². The molecule has 0 fully saturated rings. The molecular weight excluding hydrogens is 398 g/mol. The Bertz CT molecular complexity index is 1120. The lowest BCUT2D eigenvalue weighted by atomic mass is 10.2. The molecule has 0 radical (unpaired) electrons. The molecule has 3 aromatic rings. The first-order chi connectivity index (χ1) is 14.3. The maximum Gasteiger partial charge on any atom is 0.221 e. The molecule has 144 valence electrons. The van der Waals surface area contributed by atoms with Crippen LogP contribution in [0.2, 0.25) is 0 Å². The van der Waals surface area contributed by atoms with E-state index in [-0.39, 0.29) is 0 Å².